The molecule has 2 aromatic rings. The van der Waals surface area contributed by atoms with Crippen LogP contribution in [0, 0.1) is 0 Å². The number of hydrogen-bond acceptors (Lipinski definition) is 4. The van der Waals surface area contributed by atoms with E-state index in [-0.39, 0.29) is 5.56 Å². The van der Waals surface area contributed by atoms with Gasteiger partial charge in [0.1, 0.15) is 5.56 Å². The van der Waals surface area contributed by atoms with E-state index in [9.17, 15) is 4.79 Å². The molecule has 17 heavy (non-hydrogen) atoms. The number of aromatic carboxylic acids is 1. The Hall–Kier alpha value is -1.76. The zero-order chi connectivity index (χ0) is 12.4. The topological polar surface area (TPSA) is 72.9 Å². The summed E-state index contributed by atoms with van der Waals surface area (Å²) in [6.07, 6.45) is 4.93. The van der Waals surface area contributed by atoms with Gasteiger partial charge in [-0.3, -0.25) is 4.68 Å². The second-order valence-electron chi connectivity index (χ2n) is 3.54. The van der Waals surface area contributed by atoms with Gasteiger partial charge in [-0.05, 0) is 0 Å². The molecule has 2 rings (SSSR count). The number of carbonyl (C=O) groups is 1. The third-order valence-corrected chi connectivity index (χ3v) is 3.48. The Balaban J connectivity index is 2.16. The number of aromatic nitrogens is 4. The van der Waals surface area contributed by atoms with E-state index in [0.29, 0.717) is 11.4 Å². The first-order valence-corrected chi connectivity index (χ1v) is 5.92. The Morgan fingerprint density at radius 2 is 2.29 bits per heavy atom. The molecular formula is C10H12N4O2S. The summed E-state index contributed by atoms with van der Waals surface area (Å²) in [5, 5.41) is 13.8. The van der Waals surface area contributed by atoms with E-state index < -0.39 is 5.97 Å². The standard InChI is InChI=1S/C10H12N4O2S/c1-13-4-3-11-10(13)17-6-8-7(9(15)16)5-12-14(8)2/h3-5H,6H2,1-2H3,(H,15,16). The van der Waals surface area contributed by atoms with Gasteiger partial charge in [0.05, 0.1) is 11.9 Å². The fraction of sp³-hybridized carbons (Fsp3) is 0.300. The molecule has 0 saturated carbocycles. The molecule has 0 amide bonds. The number of aryl methyl sites for hydroxylation is 2. The predicted octanol–water partition coefficient (Wildman–Crippen LogP) is 1.14. The average molecular weight is 252 g/mol. The Morgan fingerprint density at radius 1 is 1.53 bits per heavy atom. The fourth-order valence-corrected chi connectivity index (χ4v) is 2.44. The highest BCUT2D eigenvalue weighted by Crippen LogP contribution is 2.22. The van der Waals surface area contributed by atoms with E-state index in [4.69, 9.17) is 5.11 Å². The monoisotopic (exact) mass is 252 g/mol. The van der Waals surface area contributed by atoms with Gasteiger partial charge in [0.15, 0.2) is 5.16 Å². The SMILES string of the molecule is Cn1ccnc1SCc1c(C(=O)O)cnn1C. The Bertz CT molecular complexity index is 546. The number of carboxylic acids is 1. The van der Waals surface area contributed by atoms with Crippen LogP contribution in [0.15, 0.2) is 23.7 Å². The molecule has 0 atom stereocenters. The van der Waals surface area contributed by atoms with Crippen molar-refractivity contribution >= 4 is 17.7 Å². The van der Waals surface area contributed by atoms with Gasteiger partial charge in [-0.15, -0.1) is 0 Å². The van der Waals surface area contributed by atoms with Crippen LogP contribution < -0.4 is 0 Å². The molecule has 0 spiro atoms. The highest BCUT2D eigenvalue weighted by Gasteiger charge is 2.15. The van der Waals surface area contributed by atoms with E-state index in [0.717, 1.165) is 5.16 Å². The van der Waals surface area contributed by atoms with Crippen molar-refractivity contribution in [2.45, 2.75) is 10.9 Å². The average Bonchev–Trinajstić information content (AvgIpc) is 2.82. The van der Waals surface area contributed by atoms with Gasteiger partial charge in [0, 0.05) is 32.2 Å². The third-order valence-electron chi connectivity index (χ3n) is 2.41. The summed E-state index contributed by atoms with van der Waals surface area (Å²) in [7, 11) is 3.64. The van der Waals surface area contributed by atoms with Crippen LogP contribution in [0.3, 0.4) is 0 Å². The van der Waals surface area contributed by atoms with Gasteiger partial charge in [-0.2, -0.15) is 5.10 Å². The van der Waals surface area contributed by atoms with Crippen LogP contribution in [-0.2, 0) is 19.8 Å². The molecule has 0 fully saturated rings. The number of nitrogens with zero attached hydrogens (tertiary/aromatic N) is 4. The number of imidazole rings is 1. The van der Waals surface area contributed by atoms with Crippen molar-refractivity contribution in [1.29, 1.82) is 0 Å². The quantitative estimate of drug-likeness (QED) is 0.826. The fourth-order valence-electron chi connectivity index (χ4n) is 1.44. The summed E-state index contributed by atoms with van der Waals surface area (Å²) in [6.45, 7) is 0. The summed E-state index contributed by atoms with van der Waals surface area (Å²) in [5.74, 6) is -0.420. The van der Waals surface area contributed by atoms with Crippen LogP contribution in [0.25, 0.3) is 0 Å². The van der Waals surface area contributed by atoms with Crippen molar-refractivity contribution in [3.8, 4) is 0 Å². The Morgan fingerprint density at radius 3 is 2.88 bits per heavy atom. The first-order valence-electron chi connectivity index (χ1n) is 4.94. The summed E-state index contributed by atoms with van der Waals surface area (Å²) < 4.78 is 3.47. The molecule has 0 radical (unpaired) electrons. The van der Waals surface area contributed by atoms with Crippen molar-refractivity contribution in [2.24, 2.45) is 14.1 Å². The Kier molecular flexibility index (Phi) is 3.19. The largest absolute Gasteiger partial charge is 0.478 e. The molecule has 6 nitrogen and oxygen atoms in total. The maximum atomic E-state index is 11.0. The zero-order valence-corrected chi connectivity index (χ0v) is 10.3. The lowest BCUT2D eigenvalue weighted by Gasteiger charge is -2.04. The Labute approximate surface area is 102 Å². The lowest BCUT2D eigenvalue weighted by Crippen LogP contribution is -2.04. The number of carboxylic acid groups (broad SMARTS) is 1. The smallest absolute Gasteiger partial charge is 0.339 e. The van der Waals surface area contributed by atoms with Crippen LogP contribution >= 0.6 is 11.8 Å². The van der Waals surface area contributed by atoms with Crippen LogP contribution in [0.5, 0.6) is 0 Å². The second kappa shape index (κ2) is 4.62. The van der Waals surface area contributed by atoms with Gasteiger partial charge < -0.3 is 9.67 Å². The molecule has 2 aromatic heterocycles. The molecule has 2 heterocycles. The number of thioether (sulfide) groups is 1. The first-order chi connectivity index (χ1) is 8.09. The number of hydrogen-bond donors (Lipinski definition) is 1. The summed E-state index contributed by atoms with van der Waals surface area (Å²) in [6, 6.07) is 0. The predicted molar refractivity (Wildman–Crippen MR) is 62.9 cm³/mol. The van der Waals surface area contributed by atoms with E-state index in [2.05, 4.69) is 10.1 Å². The second-order valence-corrected chi connectivity index (χ2v) is 4.49. The van der Waals surface area contributed by atoms with Crippen LogP contribution in [0.1, 0.15) is 16.1 Å². The molecule has 1 N–H and O–H groups in total. The maximum absolute atomic E-state index is 11.0. The van der Waals surface area contributed by atoms with Crippen molar-refractivity contribution < 1.29 is 9.90 Å². The molecule has 7 heteroatoms. The van der Waals surface area contributed by atoms with Gasteiger partial charge in [-0.25, -0.2) is 9.78 Å². The van der Waals surface area contributed by atoms with Crippen molar-refractivity contribution in [3.63, 3.8) is 0 Å². The van der Waals surface area contributed by atoms with E-state index in [1.807, 2.05) is 17.8 Å². The molecule has 0 aromatic carbocycles. The van der Waals surface area contributed by atoms with Gasteiger partial charge in [0.2, 0.25) is 0 Å². The normalized spacial score (nSPS) is 10.7. The van der Waals surface area contributed by atoms with Gasteiger partial charge in [0.25, 0.3) is 0 Å². The molecular weight excluding hydrogens is 240 g/mol. The minimum Gasteiger partial charge on any atom is -0.478 e. The lowest BCUT2D eigenvalue weighted by molar-refractivity contribution is 0.0696. The van der Waals surface area contributed by atoms with E-state index >= 15 is 0 Å². The van der Waals surface area contributed by atoms with Gasteiger partial charge in [-0.1, -0.05) is 11.8 Å². The summed E-state index contributed by atoms with van der Waals surface area (Å²) in [4.78, 5) is 15.1. The van der Waals surface area contributed by atoms with Crippen LogP contribution in [0.2, 0.25) is 0 Å². The lowest BCUT2D eigenvalue weighted by atomic mass is 10.3. The molecule has 0 saturated heterocycles. The van der Waals surface area contributed by atoms with Crippen LogP contribution in [0.4, 0.5) is 0 Å². The van der Waals surface area contributed by atoms with Gasteiger partial charge >= 0.3 is 5.97 Å². The van der Waals surface area contributed by atoms with Crippen molar-refractivity contribution in [3.05, 3.63) is 29.8 Å². The molecule has 0 aliphatic heterocycles. The first kappa shape index (κ1) is 11.7. The number of rotatable bonds is 4. The van der Waals surface area contributed by atoms with E-state index in [1.165, 1.54) is 18.0 Å². The van der Waals surface area contributed by atoms with Crippen molar-refractivity contribution in [1.82, 2.24) is 19.3 Å². The molecule has 0 unspecified atom stereocenters. The van der Waals surface area contributed by atoms with Crippen molar-refractivity contribution in [2.75, 3.05) is 0 Å². The molecule has 90 valence electrons. The molecule has 0 aliphatic rings. The zero-order valence-electron chi connectivity index (χ0n) is 9.49. The third kappa shape index (κ3) is 2.33. The highest BCUT2D eigenvalue weighted by molar-refractivity contribution is 7.98. The summed E-state index contributed by atoms with van der Waals surface area (Å²) in [5.41, 5.74) is 0.930. The maximum Gasteiger partial charge on any atom is 0.339 e. The van der Waals surface area contributed by atoms with E-state index in [1.54, 1.807) is 17.9 Å². The summed E-state index contributed by atoms with van der Waals surface area (Å²) >= 11 is 1.48. The molecule has 0 bridgehead atoms. The highest BCUT2D eigenvalue weighted by atomic mass is 32.2. The minimum atomic E-state index is -0.950. The minimum absolute atomic E-state index is 0.245. The van der Waals surface area contributed by atoms with Crippen LogP contribution in [-0.4, -0.2) is 30.4 Å². The molecule has 0 aliphatic carbocycles.